The number of benzene rings is 1. The van der Waals surface area contributed by atoms with Crippen molar-refractivity contribution >= 4 is 16.9 Å². The number of carbonyl (C=O) groups excluding carboxylic acids is 1. The number of carbonyl (C=O) groups is 1. The number of nitrogens with one attached hydrogen (secondary N) is 1. The first-order valence-electron chi connectivity index (χ1n) is 9.36. The van der Waals surface area contributed by atoms with Gasteiger partial charge in [0.05, 0.1) is 24.3 Å². The smallest absolute Gasteiger partial charge is 0.252 e. The molecule has 0 radical (unpaired) electrons. The van der Waals surface area contributed by atoms with Gasteiger partial charge in [0, 0.05) is 24.2 Å². The maximum absolute atomic E-state index is 12.9. The number of nitrogens with zero attached hydrogens (tertiary/aromatic N) is 3. The lowest BCUT2D eigenvalue weighted by molar-refractivity contribution is 0.0952. The van der Waals surface area contributed by atoms with Crippen LogP contribution in [0.2, 0.25) is 0 Å². The van der Waals surface area contributed by atoms with E-state index in [-0.39, 0.29) is 11.9 Å². The predicted octanol–water partition coefficient (Wildman–Crippen LogP) is 3.83. The summed E-state index contributed by atoms with van der Waals surface area (Å²) < 4.78 is 7.06. The van der Waals surface area contributed by atoms with E-state index in [9.17, 15) is 4.79 Å². The topological polar surface area (TPSA) is 69.0 Å². The predicted molar refractivity (Wildman–Crippen MR) is 104 cm³/mol. The molecule has 0 spiro atoms. The van der Waals surface area contributed by atoms with Crippen molar-refractivity contribution in [3.05, 3.63) is 53.3 Å². The zero-order chi connectivity index (χ0) is 19.0. The van der Waals surface area contributed by atoms with E-state index in [0.717, 1.165) is 40.9 Å². The monoisotopic (exact) mass is 364 g/mol. The van der Waals surface area contributed by atoms with Gasteiger partial charge in [0.1, 0.15) is 5.75 Å². The van der Waals surface area contributed by atoms with Crippen molar-refractivity contribution in [1.29, 1.82) is 0 Å². The van der Waals surface area contributed by atoms with Gasteiger partial charge in [0.2, 0.25) is 0 Å². The average Bonchev–Trinajstić information content (AvgIpc) is 3.44. The van der Waals surface area contributed by atoms with Gasteiger partial charge >= 0.3 is 0 Å². The highest BCUT2D eigenvalue weighted by Crippen LogP contribution is 2.40. The van der Waals surface area contributed by atoms with Crippen LogP contribution in [0.3, 0.4) is 0 Å². The first kappa shape index (κ1) is 17.5. The van der Waals surface area contributed by atoms with Crippen molar-refractivity contribution in [2.24, 2.45) is 0 Å². The van der Waals surface area contributed by atoms with E-state index in [1.807, 2.05) is 35.0 Å². The molecule has 1 aromatic carbocycles. The number of ether oxygens (including phenoxy) is 1. The molecule has 1 saturated carbocycles. The molecular weight excluding hydrogens is 340 g/mol. The third-order valence-electron chi connectivity index (χ3n) is 4.93. The maximum atomic E-state index is 12.9. The Morgan fingerprint density at radius 3 is 2.67 bits per heavy atom. The average molecular weight is 364 g/mol. The Morgan fingerprint density at radius 2 is 2.04 bits per heavy atom. The summed E-state index contributed by atoms with van der Waals surface area (Å²) in [6.45, 7) is 4.60. The van der Waals surface area contributed by atoms with Gasteiger partial charge in [-0.3, -0.25) is 4.79 Å². The quantitative estimate of drug-likeness (QED) is 0.722. The fourth-order valence-electron chi connectivity index (χ4n) is 3.21. The second-order valence-corrected chi connectivity index (χ2v) is 7.32. The Bertz CT molecular complexity index is 972. The molecule has 6 heteroatoms. The lowest BCUT2D eigenvalue weighted by Gasteiger charge is -2.11. The van der Waals surface area contributed by atoms with Crippen LogP contribution in [0, 0.1) is 0 Å². The Kier molecular flexibility index (Phi) is 4.56. The summed E-state index contributed by atoms with van der Waals surface area (Å²) in [6.07, 6.45) is 4.03. The molecule has 1 fully saturated rings. The van der Waals surface area contributed by atoms with Gasteiger partial charge in [-0.1, -0.05) is 12.1 Å². The van der Waals surface area contributed by atoms with E-state index < -0.39 is 0 Å². The normalized spacial score (nSPS) is 13.9. The highest BCUT2D eigenvalue weighted by atomic mass is 16.5. The van der Waals surface area contributed by atoms with Crippen LogP contribution in [0.25, 0.3) is 11.0 Å². The van der Waals surface area contributed by atoms with Crippen LogP contribution < -0.4 is 10.1 Å². The highest BCUT2D eigenvalue weighted by Gasteiger charge is 2.28. The molecule has 3 aromatic rings. The minimum absolute atomic E-state index is 0.0941. The standard InChI is InChI=1S/C21H24N4O2/c1-13(2)25-20-18(12-23-25)17(10-19(24-20)15-6-7-15)21(26)22-11-14-4-8-16(27-3)9-5-14/h4-5,8-10,12-13,15H,6-7,11H2,1-3H3,(H,22,26). The van der Waals surface area contributed by atoms with E-state index in [1.54, 1.807) is 13.3 Å². The summed E-state index contributed by atoms with van der Waals surface area (Å²) in [4.78, 5) is 17.7. The number of aromatic nitrogens is 3. The zero-order valence-electron chi connectivity index (χ0n) is 15.9. The van der Waals surface area contributed by atoms with Crippen molar-refractivity contribution in [1.82, 2.24) is 20.1 Å². The molecule has 0 unspecified atom stereocenters. The van der Waals surface area contributed by atoms with Crippen molar-refractivity contribution in [2.75, 3.05) is 7.11 Å². The molecule has 1 amide bonds. The van der Waals surface area contributed by atoms with Crippen LogP contribution in [-0.4, -0.2) is 27.8 Å². The van der Waals surface area contributed by atoms with Crippen LogP contribution in [0.4, 0.5) is 0 Å². The molecule has 1 N–H and O–H groups in total. The fourth-order valence-corrected chi connectivity index (χ4v) is 3.21. The molecule has 0 aliphatic heterocycles. The van der Waals surface area contributed by atoms with Crippen LogP contribution in [0.15, 0.2) is 36.5 Å². The Morgan fingerprint density at radius 1 is 1.30 bits per heavy atom. The number of hydrogen-bond acceptors (Lipinski definition) is 4. The Hall–Kier alpha value is -2.89. The first-order valence-corrected chi connectivity index (χ1v) is 9.36. The molecule has 2 aromatic heterocycles. The lowest BCUT2D eigenvalue weighted by Crippen LogP contribution is -2.23. The second kappa shape index (κ2) is 7.02. The molecule has 27 heavy (non-hydrogen) atoms. The summed E-state index contributed by atoms with van der Waals surface area (Å²) in [7, 11) is 1.64. The fraction of sp³-hybridized carbons (Fsp3) is 0.381. The zero-order valence-corrected chi connectivity index (χ0v) is 15.9. The summed E-state index contributed by atoms with van der Waals surface area (Å²) in [6, 6.07) is 9.82. The number of methoxy groups -OCH3 is 1. The van der Waals surface area contributed by atoms with Crippen LogP contribution in [-0.2, 0) is 6.54 Å². The van der Waals surface area contributed by atoms with E-state index in [4.69, 9.17) is 9.72 Å². The summed E-state index contributed by atoms with van der Waals surface area (Å²) in [5, 5.41) is 8.29. The maximum Gasteiger partial charge on any atom is 0.252 e. The molecule has 0 saturated heterocycles. The molecule has 1 aliphatic carbocycles. The lowest BCUT2D eigenvalue weighted by atomic mass is 10.1. The van der Waals surface area contributed by atoms with Crippen molar-refractivity contribution in [3.8, 4) is 5.75 Å². The third kappa shape index (κ3) is 3.52. The van der Waals surface area contributed by atoms with Gasteiger partial charge in [-0.25, -0.2) is 9.67 Å². The number of fused-ring (bicyclic) bond motifs is 1. The molecule has 2 heterocycles. The van der Waals surface area contributed by atoms with Gasteiger partial charge in [-0.15, -0.1) is 0 Å². The largest absolute Gasteiger partial charge is 0.497 e. The summed E-state index contributed by atoms with van der Waals surface area (Å²) >= 11 is 0. The number of rotatable bonds is 6. The highest BCUT2D eigenvalue weighted by molar-refractivity contribution is 6.05. The van der Waals surface area contributed by atoms with E-state index in [2.05, 4.69) is 24.3 Å². The summed E-state index contributed by atoms with van der Waals surface area (Å²) in [5.41, 5.74) is 3.47. The van der Waals surface area contributed by atoms with Gasteiger partial charge in [-0.2, -0.15) is 5.10 Å². The van der Waals surface area contributed by atoms with Gasteiger partial charge in [0.25, 0.3) is 5.91 Å². The van der Waals surface area contributed by atoms with E-state index >= 15 is 0 Å². The van der Waals surface area contributed by atoms with Crippen molar-refractivity contribution in [2.45, 2.75) is 45.2 Å². The van der Waals surface area contributed by atoms with Crippen LogP contribution in [0.5, 0.6) is 5.75 Å². The Balaban J connectivity index is 1.62. The first-order chi connectivity index (χ1) is 13.1. The molecule has 4 rings (SSSR count). The number of pyridine rings is 1. The molecule has 6 nitrogen and oxygen atoms in total. The minimum Gasteiger partial charge on any atom is -0.497 e. The SMILES string of the molecule is COc1ccc(CNC(=O)c2cc(C3CC3)nc3c2cnn3C(C)C)cc1. The molecule has 0 bridgehead atoms. The molecule has 0 atom stereocenters. The van der Waals surface area contributed by atoms with Gasteiger partial charge in [-0.05, 0) is 50.5 Å². The number of amides is 1. The van der Waals surface area contributed by atoms with Crippen molar-refractivity contribution in [3.63, 3.8) is 0 Å². The van der Waals surface area contributed by atoms with Gasteiger partial charge < -0.3 is 10.1 Å². The Labute approximate surface area is 158 Å². The molecule has 1 aliphatic rings. The minimum atomic E-state index is -0.0941. The van der Waals surface area contributed by atoms with Gasteiger partial charge in [0.15, 0.2) is 5.65 Å². The third-order valence-corrected chi connectivity index (χ3v) is 4.93. The van der Waals surface area contributed by atoms with E-state index in [1.165, 1.54) is 0 Å². The van der Waals surface area contributed by atoms with Crippen molar-refractivity contribution < 1.29 is 9.53 Å². The van der Waals surface area contributed by atoms with Crippen LogP contribution >= 0.6 is 0 Å². The van der Waals surface area contributed by atoms with E-state index in [0.29, 0.717) is 18.0 Å². The summed E-state index contributed by atoms with van der Waals surface area (Å²) in [5.74, 6) is 1.18. The molecule has 140 valence electrons. The second-order valence-electron chi connectivity index (χ2n) is 7.32. The number of hydrogen-bond donors (Lipinski definition) is 1. The molecular formula is C21H24N4O2. The van der Waals surface area contributed by atoms with Crippen LogP contribution in [0.1, 0.15) is 60.3 Å².